The Morgan fingerprint density at radius 2 is 1.76 bits per heavy atom. The normalized spacial score (nSPS) is 19.0. The number of nitrogens with zero attached hydrogens (tertiary/aromatic N) is 2. The topological polar surface area (TPSA) is 97.8 Å². The van der Waals surface area contributed by atoms with Crippen LogP contribution in [0.2, 0.25) is 0 Å². The van der Waals surface area contributed by atoms with Gasteiger partial charge in [0.25, 0.3) is 11.7 Å². The summed E-state index contributed by atoms with van der Waals surface area (Å²) in [4.78, 5) is 30.8. The molecule has 9 nitrogen and oxygen atoms in total. The van der Waals surface area contributed by atoms with Crippen LogP contribution in [0.4, 0.5) is 0 Å². The van der Waals surface area contributed by atoms with Gasteiger partial charge in [-0.2, -0.15) is 0 Å². The van der Waals surface area contributed by atoms with Crippen molar-refractivity contribution in [1.29, 1.82) is 0 Å². The van der Waals surface area contributed by atoms with E-state index < -0.39 is 17.7 Å². The summed E-state index contributed by atoms with van der Waals surface area (Å²) >= 11 is 0. The van der Waals surface area contributed by atoms with E-state index in [4.69, 9.17) is 18.9 Å². The van der Waals surface area contributed by atoms with E-state index in [0.29, 0.717) is 73.8 Å². The molecule has 0 radical (unpaired) electrons. The van der Waals surface area contributed by atoms with Crippen molar-refractivity contribution in [2.45, 2.75) is 46.6 Å². The van der Waals surface area contributed by atoms with Crippen molar-refractivity contribution in [2.75, 3.05) is 59.7 Å². The van der Waals surface area contributed by atoms with Gasteiger partial charge in [-0.25, -0.2) is 0 Å². The van der Waals surface area contributed by atoms with E-state index in [1.165, 1.54) is 0 Å². The summed E-state index contributed by atoms with van der Waals surface area (Å²) in [5.41, 5.74) is 1.99. The third-order valence-corrected chi connectivity index (χ3v) is 7.58. The molecule has 2 saturated heterocycles. The molecule has 0 aromatic heterocycles. The molecule has 0 bridgehead atoms. The molecule has 0 spiro atoms. The molecule has 2 aliphatic rings. The molecule has 2 aromatic rings. The summed E-state index contributed by atoms with van der Waals surface area (Å²) in [7, 11) is 1.56. The summed E-state index contributed by atoms with van der Waals surface area (Å²) in [6.45, 7) is 13.0. The number of methoxy groups -OCH3 is 1. The quantitative estimate of drug-likeness (QED) is 0.154. The number of morpholine rings is 1. The van der Waals surface area contributed by atoms with Gasteiger partial charge in [-0.15, -0.1) is 0 Å². The van der Waals surface area contributed by atoms with Crippen LogP contribution in [0.15, 0.2) is 42.0 Å². The molecular formula is C33H44N2O7. The molecule has 4 rings (SSSR count). The highest BCUT2D eigenvalue weighted by molar-refractivity contribution is 6.46. The van der Waals surface area contributed by atoms with E-state index in [1.54, 1.807) is 42.3 Å². The van der Waals surface area contributed by atoms with Gasteiger partial charge in [0.15, 0.2) is 11.5 Å². The van der Waals surface area contributed by atoms with Crippen molar-refractivity contribution in [3.05, 3.63) is 58.7 Å². The van der Waals surface area contributed by atoms with Crippen LogP contribution in [0, 0.1) is 12.8 Å². The summed E-state index contributed by atoms with van der Waals surface area (Å²) < 4.78 is 22.9. The monoisotopic (exact) mass is 580 g/mol. The molecule has 1 unspecified atom stereocenters. The molecule has 1 N–H and O–H groups in total. The van der Waals surface area contributed by atoms with Gasteiger partial charge in [0.1, 0.15) is 11.5 Å². The van der Waals surface area contributed by atoms with Crippen molar-refractivity contribution in [2.24, 2.45) is 5.92 Å². The maximum atomic E-state index is 13.6. The molecule has 1 atom stereocenters. The number of unbranched alkanes of at least 4 members (excludes halogenated alkanes) is 1. The number of hydrogen-bond donors (Lipinski definition) is 1. The molecule has 2 aliphatic heterocycles. The highest BCUT2D eigenvalue weighted by Gasteiger charge is 2.46. The Kier molecular flexibility index (Phi) is 10.9. The van der Waals surface area contributed by atoms with Crippen molar-refractivity contribution in [3.8, 4) is 17.2 Å². The second-order valence-electron chi connectivity index (χ2n) is 11.2. The number of aliphatic hydroxyl groups excluding tert-OH is 1. The standard InChI is InChI=1S/C33H44N2O7/c1-6-7-16-41-27-11-8-24(20-28(27)39-5)30-29(31(36)25-9-10-26(23(4)19-25)42-21-22(2)3)32(37)33(38)35(30)13-12-34-14-17-40-18-15-34/h8-11,19-20,22,30,36H,6-7,12-18,21H2,1-5H3. The van der Waals surface area contributed by atoms with Crippen LogP contribution in [-0.4, -0.2) is 86.3 Å². The van der Waals surface area contributed by atoms with E-state index in [1.807, 2.05) is 13.0 Å². The van der Waals surface area contributed by atoms with Gasteiger partial charge in [-0.05, 0) is 60.7 Å². The lowest BCUT2D eigenvalue weighted by molar-refractivity contribution is -0.140. The molecule has 42 heavy (non-hydrogen) atoms. The average Bonchev–Trinajstić information content (AvgIpc) is 3.24. The minimum Gasteiger partial charge on any atom is -0.507 e. The minimum atomic E-state index is -0.790. The smallest absolute Gasteiger partial charge is 0.295 e. The lowest BCUT2D eigenvalue weighted by Gasteiger charge is -2.31. The fourth-order valence-electron chi connectivity index (χ4n) is 5.20. The summed E-state index contributed by atoms with van der Waals surface area (Å²) in [6, 6.07) is 9.95. The number of amides is 1. The number of ether oxygens (including phenoxy) is 4. The number of carbonyl (C=O) groups excluding carboxylic acids is 2. The summed E-state index contributed by atoms with van der Waals surface area (Å²) in [5.74, 6) is 0.619. The molecule has 0 saturated carbocycles. The Morgan fingerprint density at radius 1 is 1.02 bits per heavy atom. The van der Waals surface area contributed by atoms with Crippen LogP contribution in [-0.2, 0) is 14.3 Å². The number of benzene rings is 2. The minimum absolute atomic E-state index is 0.0546. The molecule has 2 fully saturated rings. The number of ketones is 1. The SMILES string of the molecule is CCCCOc1ccc(C2C(=C(O)c3ccc(OCC(C)C)c(C)c3)C(=O)C(=O)N2CCN2CCOCC2)cc1OC. The zero-order valence-corrected chi connectivity index (χ0v) is 25.5. The van der Waals surface area contributed by atoms with Crippen LogP contribution in [0.5, 0.6) is 17.2 Å². The molecule has 2 aromatic carbocycles. The Bertz CT molecular complexity index is 1280. The first-order chi connectivity index (χ1) is 20.2. The van der Waals surface area contributed by atoms with E-state index in [9.17, 15) is 14.7 Å². The van der Waals surface area contributed by atoms with E-state index in [-0.39, 0.29) is 11.3 Å². The van der Waals surface area contributed by atoms with Gasteiger partial charge in [0, 0.05) is 31.7 Å². The van der Waals surface area contributed by atoms with Crippen molar-refractivity contribution in [1.82, 2.24) is 9.80 Å². The van der Waals surface area contributed by atoms with Crippen LogP contribution in [0.1, 0.15) is 56.3 Å². The largest absolute Gasteiger partial charge is 0.507 e. The van der Waals surface area contributed by atoms with E-state index in [0.717, 1.165) is 31.5 Å². The molecule has 228 valence electrons. The number of carbonyl (C=O) groups is 2. The Balaban J connectivity index is 1.73. The average molecular weight is 581 g/mol. The molecular weight excluding hydrogens is 536 g/mol. The number of aryl methyl sites for hydroxylation is 1. The number of likely N-dealkylation sites (tertiary alicyclic amines) is 1. The zero-order valence-electron chi connectivity index (χ0n) is 25.5. The number of aliphatic hydroxyl groups is 1. The third-order valence-electron chi connectivity index (χ3n) is 7.58. The van der Waals surface area contributed by atoms with E-state index >= 15 is 0 Å². The van der Waals surface area contributed by atoms with Gasteiger partial charge in [0.05, 0.1) is 45.2 Å². The van der Waals surface area contributed by atoms with Crippen LogP contribution >= 0.6 is 0 Å². The van der Waals surface area contributed by atoms with Gasteiger partial charge >= 0.3 is 0 Å². The first-order valence-electron chi connectivity index (χ1n) is 14.9. The van der Waals surface area contributed by atoms with Crippen LogP contribution in [0.3, 0.4) is 0 Å². The second-order valence-corrected chi connectivity index (χ2v) is 11.2. The van der Waals surface area contributed by atoms with Gasteiger partial charge in [-0.1, -0.05) is 33.3 Å². The van der Waals surface area contributed by atoms with Gasteiger partial charge in [-0.3, -0.25) is 14.5 Å². The summed E-state index contributed by atoms with van der Waals surface area (Å²) in [5, 5.41) is 11.6. The fourth-order valence-corrected chi connectivity index (χ4v) is 5.20. The third kappa shape index (κ3) is 7.25. The predicted molar refractivity (Wildman–Crippen MR) is 161 cm³/mol. The number of rotatable bonds is 13. The maximum Gasteiger partial charge on any atom is 0.295 e. The maximum absolute atomic E-state index is 13.6. The zero-order chi connectivity index (χ0) is 30.2. The van der Waals surface area contributed by atoms with E-state index in [2.05, 4.69) is 25.7 Å². The highest BCUT2D eigenvalue weighted by Crippen LogP contribution is 2.42. The van der Waals surface area contributed by atoms with Gasteiger partial charge < -0.3 is 29.0 Å². The van der Waals surface area contributed by atoms with Crippen LogP contribution in [0.25, 0.3) is 5.76 Å². The van der Waals surface area contributed by atoms with Crippen molar-refractivity contribution < 1.29 is 33.6 Å². The number of Topliss-reactive ketones (excluding diaryl/α,β-unsaturated/α-hetero) is 1. The lowest BCUT2D eigenvalue weighted by Crippen LogP contribution is -2.42. The Labute approximate surface area is 249 Å². The Morgan fingerprint density at radius 3 is 2.43 bits per heavy atom. The van der Waals surface area contributed by atoms with Crippen molar-refractivity contribution >= 4 is 17.4 Å². The highest BCUT2D eigenvalue weighted by atomic mass is 16.5. The van der Waals surface area contributed by atoms with Gasteiger partial charge in [0.2, 0.25) is 0 Å². The molecule has 0 aliphatic carbocycles. The number of hydrogen-bond acceptors (Lipinski definition) is 8. The van der Waals surface area contributed by atoms with Crippen molar-refractivity contribution in [3.63, 3.8) is 0 Å². The first-order valence-corrected chi connectivity index (χ1v) is 14.9. The predicted octanol–water partition coefficient (Wildman–Crippen LogP) is 4.97. The fraction of sp³-hybridized carbons (Fsp3) is 0.515. The van der Waals surface area contributed by atoms with Crippen LogP contribution < -0.4 is 14.2 Å². The molecule has 2 heterocycles. The Hall–Kier alpha value is -3.56. The molecule has 9 heteroatoms. The lowest BCUT2D eigenvalue weighted by atomic mass is 9.94. The first kappa shape index (κ1) is 31.4. The second kappa shape index (κ2) is 14.6. The summed E-state index contributed by atoms with van der Waals surface area (Å²) in [6.07, 6.45) is 1.91. The molecule has 1 amide bonds.